The van der Waals surface area contributed by atoms with Crippen molar-refractivity contribution in [3.8, 4) is 0 Å². The summed E-state index contributed by atoms with van der Waals surface area (Å²) in [6, 6.07) is 1.88. The summed E-state index contributed by atoms with van der Waals surface area (Å²) in [7, 11) is 4.36. The van der Waals surface area contributed by atoms with Gasteiger partial charge in [-0.05, 0) is 20.6 Å². The molecule has 0 aromatic heterocycles. The topological polar surface area (TPSA) is 18.5 Å². The lowest BCUT2D eigenvalue weighted by atomic mass is 10.1. The predicted octanol–water partition coefficient (Wildman–Crippen LogP) is 0.619. The summed E-state index contributed by atoms with van der Waals surface area (Å²) in [6.45, 7) is 10.2. The molecule has 0 aromatic rings. The molecule has 1 aliphatic rings. The van der Waals surface area contributed by atoms with Crippen molar-refractivity contribution in [3.63, 3.8) is 0 Å². The highest BCUT2D eigenvalue weighted by atomic mass is 15.3. The van der Waals surface area contributed by atoms with Crippen LogP contribution >= 0.6 is 0 Å². The summed E-state index contributed by atoms with van der Waals surface area (Å²) in [6.07, 6.45) is 0. The molecule has 0 bridgehead atoms. The van der Waals surface area contributed by atoms with Crippen molar-refractivity contribution in [3.05, 3.63) is 0 Å². The van der Waals surface area contributed by atoms with Crippen LogP contribution in [0.4, 0.5) is 0 Å². The van der Waals surface area contributed by atoms with Crippen molar-refractivity contribution >= 4 is 0 Å². The zero-order valence-corrected chi connectivity index (χ0v) is 10.2. The van der Waals surface area contributed by atoms with E-state index < -0.39 is 0 Å². The van der Waals surface area contributed by atoms with Gasteiger partial charge >= 0.3 is 0 Å². The molecule has 0 radical (unpaired) electrons. The van der Waals surface area contributed by atoms with E-state index in [2.05, 4.69) is 50.0 Å². The maximum atomic E-state index is 3.65. The first-order valence-corrected chi connectivity index (χ1v) is 5.69. The number of hydrogen-bond donors (Lipinski definition) is 1. The number of nitrogens with one attached hydrogen (secondary N) is 1. The molecule has 0 aromatic carbocycles. The molecule has 14 heavy (non-hydrogen) atoms. The molecular formula is C11H25N3. The monoisotopic (exact) mass is 199 g/mol. The highest BCUT2D eigenvalue weighted by Crippen LogP contribution is 2.14. The molecule has 0 aliphatic carbocycles. The predicted molar refractivity (Wildman–Crippen MR) is 61.6 cm³/mol. The van der Waals surface area contributed by atoms with Crippen molar-refractivity contribution in [1.29, 1.82) is 0 Å². The Morgan fingerprint density at radius 1 is 1.36 bits per heavy atom. The van der Waals surface area contributed by atoms with Gasteiger partial charge < -0.3 is 15.1 Å². The van der Waals surface area contributed by atoms with Gasteiger partial charge in [-0.1, -0.05) is 20.8 Å². The molecule has 1 aliphatic heterocycles. The van der Waals surface area contributed by atoms with Crippen LogP contribution in [0.1, 0.15) is 20.8 Å². The molecule has 2 unspecified atom stereocenters. The first-order chi connectivity index (χ1) is 6.54. The van der Waals surface area contributed by atoms with E-state index >= 15 is 0 Å². The van der Waals surface area contributed by atoms with Crippen LogP contribution in [0, 0.1) is 0 Å². The maximum Gasteiger partial charge on any atom is 0.0383 e. The Hall–Kier alpha value is -0.120. The molecule has 3 nitrogen and oxygen atoms in total. The molecule has 2 atom stereocenters. The minimum atomic E-state index is 0.583. The average molecular weight is 199 g/mol. The largest absolute Gasteiger partial charge is 0.309 e. The van der Waals surface area contributed by atoms with Gasteiger partial charge in [0, 0.05) is 31.2 Å². The fourth-order valence-electron chi connectivity index (χ4n) is 2.24. The fraction of sp³-hybridized carbons (Fsp3) is 1.00. The lowest BCUT2D eigenvalue weighted by molar-refractivity contribution is 0.252. The second-order valence-corrected chi connectivity index (χ2v) is 4.81. The van der Waals surface area contributed by atoms with Gasteiger partial charge in [-0.25, -0.2) is 0 Å². The molecule has 0 amide bonds. The highest BCUT2D eigenvalue weighted by Gasteiger charge is 2.33. The van der Waals surface area contributed by atoms with Gasteiger partial charge in [-0.15, -0.1) is 0 Å². The molecule has 1 rings (SSSR count). The van der Waals surface area contributed by atoms with Crippen molar-refractivity contribution in [2.24, 2.45) is 0 Å². The fourth-order valence-corrected chi connectivity index (χ4v) is 2.24. The standard InChI is InChI=1S/C11H25N3/c1-6-14-7-10(12-9(2)3)11(8-14)13(4)5/h9-12H,6-8H2,1-5H3. The Labute approximate surface area is 88.5 Å². The van der Waals surface area contributed by atoms with Crippen LogP contribution in [0.15, 0.2) is 0 Å². The van der Waals surface area contributed by atoms with E-state index in [9.17, 15) is 0 Å². The first kappa shape index (κ1) is 12.0. The van der Waals surface area contributed by atoms with Crippen molar-refractivity contribution < 1.29 is 0 Å². The first-order valence-electron chi connectivity index (χ1n) is 5.69. The third-order valence-electron chi connectivity index (χ3n) is 3.02. The Balaban J connectivity index is 2.53. The van der Waals surface area contributed by atoms with Gasteiger partial charge in [0.25, 0.3) is 0 Å². The van der Waals surface area contributed by atoms with E-state index in [0.717, 1.165) is 0 Å². The van der Waals surface area contributed by atoms with Crippen LogP contribution < -0.4 is 5.32 Å². The van der Waals surface area contributed by atoms with E-state index in [1.165, 1.54) is 19.6 Å². The summed E-state index contributed by atoms with van der Waals surface area (Å²) >= 11 is 0. The van der Waals surface area contributed by atoms with Crippen LogP contribution in [-0.4, -0.2) is 61.7 Å². The SMILES string of the molecule is CCN1CC(NC(C)C)C(N(C)C)C1. The third kappa shape index (κ3) is 2.94. The second-order valence-electron chi connectivity index (χ2n) is 4.81. The molecule has 1 saturated heterocycles. The Morgan fingerprint density at radius 2 is 2.00 bits per heavy atom. The van der Waals surface area contributed by atoms with Crippen LogP contribution in [-0.2, 0) is 0 Å². The molecule has 1 heterocycles. The lowest BCUT2D eigenvalue weighted by Gasteiger charge is -2.27. The lowest BCUT2D eigenvalue weighted by Crippen LogP contribution is -2.48. The van der Waals surface area contributed by atoms with Gasteiger partial charge in [-0.2, -0.15) is 0 Å². The van der Waals surface area contributed by atoms with Gasteiger partial charge in [0.15, 0.2) is 0 Å². The van der Waals surface area contributed by atoms with Gasteiger partial charge in [0.05, 0.1) is 0 Å². The van der Waals surface area contributed by atoms with E-state index in [0.29, 0.717) is 18.1 Å². The minimum Gasteiger partial charge on any atom is -0.309 e. The zero-order valence-electron chi connectivity index (χ0n) is 10.2. The van der Waals surface area contributed by atoms with Gasteiger partial charge in [-0.3, -0.25) is 0 Å². The molecule has 0 saturated carbocycles. The quantitative estimate of drug-likeness (QED) is 0.716. The van der Waals surface area contributed by atoms with E-state index in [4.69, 9.17) is 0 Å². The van der Waals surface area contributed by atoms with Gasteiger partial charge in [0.2, 0.25) is 0 Å². The number of likely N-dealkylation sites (N-methyl/N-ethyl adjacent to an activating group) is 2. The van der Waals surface area contributed by atoms with E-state index in [-0.39, 0.29) is 0 Å². The minimum absolute atomic E-state index is 0.583. The Kier molecular flexibility index (Phi) is 4.35. The molecule has 1 N–H and O–H groups in total. The molecule has 84 valence electrons. The maximum absolute atomic E-state index is 3.65. The van der Waals surface area contributed by atoms with Crippen LogP contribution in [0.3, 0.4) is 0 Å². The van der Waals surface area contributed by atoms with E-state index in [1.807, 2.05) is 0 Å². The smallest absolute Gasteiger partial charge is 0.0383 e. The summed E-state index contributed by atoms with van der Waals surface area (Å²) < 4.78 is 0. The summed E-state index contributed by atoms with van der Waals surface area (Å²) in [4.78, 5) is 4.86. The van der Waals surface area contributed by atoms with Crippen LogP contribution in [0.2, 0.25) is 0 Å². The number of nitrogens with zero attached hydrogens (tertiary/aromatic N) is 2. The molecule has 1 fully saturated rings. The Bertz CT molecular complexity index is 168. The van der Waals surface area contributed by atoms with E-state index in [1.54, 1.807) is 0 Å². The third-order valence-corrected chi connectivity index (χ3v) is 3.02. The number of hydrogen-bond acceptors (Lipinski definition) is 3. The van der Waals surface area contributed by atoms with Gasteiger partial charge in [0.1, 0.15) is 0 Å². The van der Waals surface area contributed by atoms with Crippen molar-refractivity contribution in [2.45, 2.75) is 38.9 Å². The zero-order chi connectivity index (χ0) is 10.7. The highest BCUT2D eigenvalue weighted by molar-refractivity contribution is 4.94. The van der Waals surface area contributed by atoms with Crippen LogP contribution in [0.5, 0.6) is 0 Å². The summed E-state index contributed by atoms with van der Waals surface area (Å²) in [5, 5.41) is 3.65. The average Bonchev–Trinajstić information content (AvgIpc) is 2.46. The number of likely N-dealkylation sites (tertiary alicyclic amines) is 1. The molecular weight excluding hydrogens is 174 g/mol. The second kappa shape index (κ2) is 5.10. The van der Waals surface area contributed by atoms with Crippen molar-refractivity contribution in [1.82, 2.24) is 15.1 Å². The normalized spacial score (nSPS) is 29.4. The van der Waals surface area contributed by atoms with Crippen molar-refractivity contribution in [2.75, 3.05) is 33.7 Å². The molecule has 0 spiro atoms. The summed E-state index contributed by atoms with van der Waals surface area (Å²) in [5.41, 5.74) is 0. The number of rotatable bonds is 4. The molecule has 3 heteroatoms. The summed E-state index contributed by atoms with van der Waals surface area (Å²) in [5.74, 6) is 0. The van der Waals surface area contributed by atoms with Crippen LogP contribution in [0.25, 0.3) is 0 Å². The Morgan fingerprint density at radius 3 is 2.43 bits per heavy atom.